The molecule has 0 fully saturated rings. The molecule has 1 aliphatic heterocycles. The van der Waals surface area contributed by atoms with Crippen molar-refractivity contribution in [3.05, 3.63) is 87.5 Å². The first-order chi connectivity index (χ1) is 13.0. The normalized spacial score (nSPS) is 15.1. The highest BCUT2D eigenvalue weighted by molar-refractivity contribution is 6.42. The molecule has 1 aliphatic rings. The van der Waals surface area contributed by atoms with E-state index in [9.17, 15) is 9.18 Å². The molecule has 0 amide bonds. The fraction of sp³-hybridized carbons (Fsp3) is 0. The van der Waals surface area contributed by atoms with Crippen LogP contribution in [0.5, 0.6) is 0 Å². The molecule has 7 heteroatoms. The molecule has 1 aromatic heterocycles. The number of ether oxygens (including phenoxy) is 1. The third kappa shape index (κ3) is 3.52. The van der Waals surface area contributed by atoms with E-state index in [0.717, 1.165) is 5.56 Å². The molecule has 0 radical (unpaired) electrons. The van der Waals surface area contributed by atoms with Crippen LogP contribution in [0.1, 0.15) is 11.3 Å². The van der Waals surface area contributed by atoms with Gasteiger partial charge in [0, 0.05) is 11.6 Å². The summed E-state index contributed by atoms with van der Waals surface area (Å²) in [6, 6.07) is 14.4. The van der Waals surface area contributed by atoms with Crippen LogP contribution in [0.15, 0.2) is 69.7 Å². The molecule has 4 rings (SSSR count). The first-order valence-corrected chi connectivity index (χ1v) is 8.59. The van der Waals surface area contributed by atoms with Crippen molar-refractivity contribution in [1.82, 2.24) is 0 Å². The van der Waals surface area contributed by atoms with Gasteiger partial charge in [0.15, 0.2) is 5.70 Å². The molecule has 0 unspecified atom stereocenters. The molecule has 0 saturated carbocycles. The van der Waals surface area contributed by atoms with Gasteiger partial charge in [-0.15, -0.1) is 0 Å². The Kier molecular flexibility index (Phi) is 4.56. The summed E-state index contributed by atoms with van der Waals surface area (Å²) in [4.78, 5) is 16.1. The number of carbonyl (C=O) groups excluding carboxylic acids is 1. The molecule has 134 valence electrons. The molecule has 0 saturated heterocycles. The Morgan fingerprint density at radius 3 is 2.59 bits per heavy atom. The highest BCUT2D eigenvalue weighted by atomic mass is 35.5. The maximum absolute atomic E-state index is 13.8. The van der Waals surface area contributed by atoms with Crippen LogP contribution in [0.25, 0.3) is 17.4 Å². The predicted molar refractivity (Wildman–Crippen MR) is 101 cm³/mol. The van der Waals surface area contributed by atoms with Crippen LogP contribution in [-0.4, -0.2) is 11.9 Å². The lowest BCUT2D eigenvalue weighted by Gasteiger charge is -1.99. The van der Waals surface area contributed by atoms with E-state index in [2.05, 4.69) is 4.99 Å². The number of benzene rings is 2. The number of hydrogen-bond donors (Lipinski definition) is 0. The molecule has 4 nitrogen and oxygen atoms in total. The second kappa shape index (κ2) is 7.02. The number of furan rings is 1. The van der Waals surface area contributed by atoms with Crippen molar-refractivity contribution < 1.29 is 18.3 Å². The molecule has 3 aromatic rings. The maximum atomic E-state index is 13.8. The standard InChI is InChI=1S/C20H10Cl2FNO3/c21-14-7-5-11(9-15(14)22)18-8-6-12(26-18)10-17-20(25)27-19(24-17)13-3-1-2-4-16(13)23/h1-10H. The van der Waals surface area contributed by atoms with Gasteiger partial charge in [-0.2, -0.15) is 0 Å². The minimum Gasteiger partial charge on any atom is -0.457 e. The van der Waals surface area contributed by atoms with Crippen LogP contribution in [0, 0.1) is 5.82 Å². The molecule has 0 aliphatic carbocycles. The Hall–Kier alpha value is -2.89. The zero-order valence-corrected chi connectivity index (χ0v) is 15.1. The third-order valence-corrected chi connectivity index (χ3v) is 4.57. The summed E-state index contributed by atoms with van der Waals surface area (Å²) < 4.78 is 24.6. The first kappa shape index (κ1) is 17.5. The van der Waals surface area contributed by atoms with E-state index in [1.165, 1.54) is 18.2 Å². The minimum absolute atomic E-state index is 0.0169. The third-order valence-electron chi connectivity index (χ3n) is 3.83. The van der Waals surface area contributed by atoms with Crippen LogP contribution in [0.2, 0.25) is 10.0 Å². The van der Waals surface area contributed by atoms with E-state index in [-0.39, 0.29) is 17.2 Å². The van der Waals surface area contributed by atoms with Gasteiger partial charge in [-0.05, 0) is 42.5 Å². The summed E-state index contributed by atoms with van der Waals surface area (Å²) in [6.07, 6.45) is 1.43. The van der Waals surface area contributed by atoms with E-state index >= 15 is 0 Å². The van der Waals surface area contributed by atoms with Gasteiger partial charge in [0.25, 0.3) is 0 Å². The van der Waals surface area contributed by atoms with Crippen LogP contribution in [-0.2, 0) is 9.53 Å². The van der Waals surface area contributed by atoms with E-state index < -0.39 is 11.8 Å². The SMILES string of the molecule is O=C1OC(c2ccccc2F)=NC1=Cc1ccc(-c2ccc(Cl)c(Cl)c2)o1. The van der Waals surface area contributed by atoms with E-state index in [1.54, 1.807) is 42.5 Å². The summed E-state index contributed by atoms with van der Waals surface area (Å²) in [5.41, 5.74) is 0.868. The Balaban J connectivity index is 1.64. The van der Waals surface area contributed by atoms with Crippen molar-refractivity contribution in [3.63, 3.8) is 0 Å². The second-order valence-electron chi connectivity index (χ2n) is 5.65. The molecule has 2 heterocycles. The van der Waals surface area contributed by atoms with Crippen molar-refractivity contribution >= 4 is 41.1 Å². The molecule has 2 aromatic carbocycles. The zero-order valence-electron chi connectivity index (χ0n) is 13.6. The monoisotopic (exact) mass is 401 g/mol. The Bertz CT molecular complexity index is 1120. The largest absolute Gasteiger partial charge is 0.457 e. The van der Waals surface area contributed by atoms with Gasteiger partial charge >= 0.3 is 5.97 Å². The van der Waals surface area contributed by atoms with Crippen molar-refractivity contribution in [2.24, 2.45) is 4.99 Å². The van der Waals surface area contributed by atoms with E-state index in [4.69, 9.17) is 32.4 Å². The second-order valence-corrected chi connectivity index (χ2v) is 6.46. The maximum Gasteiger partial charge on any atom is 0.363 e. The smallest absolute Gasteiger partial charge is 0.363 e. The number of halogens is 3. The lowest BCUT2D eigenvalue weighted by Crippen LogP contribution is -2.07. The van der Waals surface area contributed by atoms with Crippen LogP contribution >= 0.6 is 23.2 Å². The quantitative estimate of drug-likeness (QED) is 0.415. The van der Waals surface area contributed by atoms with E-state index in [1.807, 2.05) is 0 Å². The average molecular weight is 402 g/mol. The van der Waals surface area contributed by atoms with E-state index in [0.29, 0.717) is 21.6 Å². The fourth-order valence-electron chi connectivity index (χ4n) is 2.53. The minimum atomic E-state index is -0.680. The fourth-order valence-corrected chi connectivity index (χ4v) is 2.83. The van der Waals surface area contributed by atoms with Gasteiger partial charge in [0.2, 0.25) is 5.90 Å². The number of nitrogens with zero attached hydrogens (tertiary/aromatic N) is 1. The van der Waals surface area contributed by atoms with Crippen LogP contribution in [0.3, 0.4) is 0 Å². The summed E-state index contributed by atoms with van der Waals surface area (Å²) >= 11 is 11.9. The Labute approximate surface area is 163 Å². The highest BCUT2D eigenvalue weighted by Gasteiger charge is 2.26. The van der Waals surface area contributed by atoms with Crippen molar-refractivity contribution in [3.8, 4) is 11.3 Å². The van der Waals surface area contributed by atoms with Gasteiger partial charge in [0.05, 0.1) is 15.6 Å². The number of carbonyl (C=O) groups is 1. The van der Waals surface area contributed by atoms with Gasteiger partial charge < -0.3 is 9.15 Å². The van der Waals surface area contributed by atoms with Crippen LogP contribution < -0.4 is 0 Å². The Morgan fingerprint density at radius 1 is 1.00 bits per heavy atom. The Morgan fingerprint density at radius 2 is 1.81 bits per heavy atom. The summed E-state index contributed by atoms with van der Waals surface area (Å²) in [5.74, 6) is -0.349. The average Bonchev–Trinajstić information content (AvgIpc) is 3.25. The predicted octanol–water partition coefficient (Wildman–Crippen LogP) is 5.74. The summed E-state index contributed by atoms with van der Waals surface area (Å²) in [7, 11) is 0. The van der Waals surface area contributed by atoms with Crippen molar-refractivity contribution in [1.29, 1.82) is 0 Å². The topological polar surface area (TPSA) is 51.8 Å². The molecule has 0 atom stereocenters. The molecule has 27 heavy (non-hydrogen) atoms. The zero-order chi connectivity index (χ0) is 19.0. The van der Waals surface area contributed by atoms with Crippen LogP contribution in [0.4, 0.5) is 4.39 Å². The number of aliphatic imine (C=N–C) groups is 1. The molecular formula is C20H10Cl2FNO3. The lowest BCUT2D eigenvalue weighted by molar-refractivity contribution is -0.129. The van der Waals surface area contributed by atoms with Gasteiger partial charge in [-0.25, -0.2) is 14.2 Å². The molecular weight excluding hydrogens is 392 g/mol. The summed E-state index contributed by atoms with van der Waals surface area (Å²) in [5, 5.41) is 0.849. The molecule has 0 spiro atoms. The highest BCUT2D eigenvalue weighted by Crippen LogP contribution is 2.30. The first-order valence-electron chi connectivity index (χ1n) is 7.84. The van der Waals surface area contributed by atoms with Crippen molar-refractivity contribution in [2.45, 2.75) is 0 Å². The van der Waals surface area contributed by atoms with Gasteiger partial charge in [0.1, 0.15) is 17.3 Å². The number of rotatable bonds is 3. The van der Waals surface area contributed by atoms with Gasteiger partial charge in [-0.1, -0.05) is 35.3 Å². The molecule has 0 bridgehead atoms. The number of esters is 1. The number of hydrogen-bond acceptors (Lipinski definition) is 4. The van der Waals surface area contributed by atoms with Gasteiger partial charge in [-0.3, -0.25) is 0 Å². The van der Waals surface area contributed by atoms with Crippen molar-refractivity contribution in [2.75, 3.05) is 0 Å². The number of cyclic esters (lactones) is 1. The molecule has 0 N–H and O–H groups in total. The summed E-state index contributed by atoms with van der Waals surface area (Å²) in [6.45, 7) is 0. The lowest BCUT2D eigenvalue weighted by atomic mass is 10.2.